The molecule has 2 aromatic heterocycles. The van der Waals surface area contributed by atoms with Crippen LogP contribution in [0.15, 0.2) is 29.6 Å². The Kier molecular flexibility index (Phi) is 1.77. The van der Waals surface area contributed by atoms with Crippen LogP contribution in [0.25, 0.3) is 5.65 Å². The average molecular weight is 180 g/mol. The van der Waals surface area contributed by atoms with Crippen LogP contribution in [-0.4, -0.2) is 15.9 Å². The van der Waals surface area contributed by atoms with Gasteiger partial charge in [0.2, 0.25) is 0 Å². The quantitative estimate of drug-likeness (QED) is 0.369. The zero-order valence-electron chi connectivity index (χ0n) is 7.06. The van der Waals surface area contributed by atoms with Gasteiger partial charge in [-0.1, -0.05) is 21.4 Å². The fourth-order valence-corrected chi connectivity index (χ4v) is 1.72. The molecule has 62 valence electrons. The molecular weight excluding hydrogens is 170 g/mol. The molecule has 4 heteroatoms. The van der Waals surface area contributed by atoms with E-state index in [0.717, 1.165) is 10.7 Å². The molecule has 0 aliphatic heterocycles. The van der Waals surface area contributed by atoms with E-state index < -0.39 is 0 Å². The molecule has 0 amide bonds. The molecule has 0 aromatic carbocycles. The lowest BCUT2D eigenvalue weighted by Gasteiger charge is -1.95. The molecule has 12 heavy (non-hydrogen) atoms. The first-order valence-corrected chi connectivity index (χ1v) is 4.92. The second-order valence-electron chi connectivity index (χ2n) is 2.57. The highest BCUT2D eigenvalue weighted by atomic mass is 32.2. The molecule has 0 N–H and O–H groups in total. The molecule has 0 atom stereocenters. The van der Waals surface area contributed by atoms with Crippen molar-refractivity contribution in [3.8, 4) is 0 Å². The Hall–Kier alpha value is -1.03. The standard InChI is InChI=1S/C8H10N3S/c1-10-6-4-8(12-2)11-7(10)3-5-9-11/h3-6H,1-2H3/q+1. The summed E-state index contributed by atoms with van der Waals surface area (Å²) in [5, 5.41) is 5.39. The van der Waals surface area contributed by atoms with E-state index in [2.05, 4.69) is 17.4 Å². The molecule has 2 aromatic rings. The lowest BCUT2D eigenvalue weighted by atomic mass is 10.6. The molecule has 0 bridgehead atoms. The summed E-state index contributed by atoms with van der Waals surface area (Å²) in [7, 11) is 2.02. The van der Waals surface area contributed by atoms with Gasteiger partial charge in [0.25, 0.3) is 0 Å². The lowest BCUT2D eigenvalue weighted by Crippen LogP contribution is -2.30. The summed E-state index contributed by atoms with van der Waals surface area (Å²) >= 11 is 1.70. The fourth-order valence-electron chi connectivity index (χ4n) is 1.21. The van der Waals surface area contributed by atoms with Crippen LogP contribution in [0.4, 0.5) is 0 Å². The summed E-state index contributed by atoms with van der Waals surface area (Å²) in [5.74, 6) is 0. The van der Waals surface area contributed by atoms with Gasteiger partial charge in [0.1, 0.15) is 0 Å². The Morgan fingerprint density at radius 1 is 1.50 bits per heavy atom. The normalized spacial score (nSPS) is 10.8. The highest BCUT2D eigenvalue weighted by Gasteiger charge is 2.09. The molecule has 2 heterocycles. The van der Waals surface area contributed by atoms with Crippen molar-refractivity contribution in [3.05, 3.63) is 24.5 Å². The summed E-state index contributed by atoms with van der Waals surface area (Å²) < 4.78 is 3.98. The third-order valence-electron chi connectivity index (χ3n) is 1.84. The smallest absolute Gasteiger partial charge is 0.235 e. The lowest BCUT2D eigenvalue weighted by molar-refractivity contribution is -0.648. The molecule has 3 nitrogen and oxygen atoms in total. The molecule has 2 rings (SSSR count). The molecule has 0 spiro atoms. The number of hydrogen-bond acceptors (Lipinski definition) is 2. The van der Waals surface area contributed by atoms with Gasteiger partial charge in [-0.05, 0) is 6.26 Å². The van der Waals surface area contributed by atoms with Crippen LogP contribution < -0.4 is 4.57 Å². The highest BCUT2D eigenvalue weighted by Crippen LogP contribution is 2.12. The van der Waals surface area contributed by atoms with Crippen molar-refractivity contribution in [2.24, 2.45) is 7.05 Å². The van der Waals surface area contributed by atoms with Crippen LogP contribution in [0.1, 0.15) is 0 Å². The van der Waals surface area contributed by atoms with Gasteiger partial charge in [-0.15, -0.1) is 0 Å². The number of nitrogens with zero attached hydrogens (tertiary/aromatic N) is 3. The Morgan fingerprint density at radius 2 is 2.33 bits per heavy atom. The van der Waals surface area contributed by atoms with E-state index in [1.807, 2.05) is 34.6 Å². The van der Waals surface area contributed by atoms with E-state index in [4.69, 9.17) is 0 Å². The average Bonchev–Trinajstić information content (AvgIpc) is 2.54. The van der Waals surface area contributed by atoms with Gasteiger partial charge in [0.05, 0.1) is 25.5 Å². The molecule has 0 saturated heterocycles. The minimum Gasteiger partial charge on any atom is -0.235 e. The van der Waals surface area contributed by atoms with Gasteiger partial charge in [-0.25, -0.2) is 4.57 Å². The van der Waals surface area contributed by atoms with E-state index in [0.29, 0.717) is 0 Å². The zero-order chi connectivity index (χ0) is 8.55. The Morgan fingerprint density at radius 3 is 3.08 bits per heavy atom. The Labute approximate surface area is 75.0 Å². The van der Waals surface area contributed by atoms with E-state index in [-0.39, 0.29) is 0 Å². The van der Waals surface area contributed by atoms with Gasteiger partial charge in [-0.3, -0.25) is 0 Å². The van der Waals surface area contributed by atoms with Crippen molar-refractivity contribution in [2.45, 2.75) is 5.03 Å². The van der Waals surface area contributed by atoms with Crippen molar-refractivity contribution in [1.82, 2.24) is 9.61 Å². The highest BCUT2D eigenvalue weighted by molar-refractivity contribution is 7.98. The molecule has 0 unspecified atom stereocenters. The predicted octanol–water partition coefficient (Wildman–Crippen LogP) is 0.881. The maximum atomic E-state index is 4.23. The van der Waals surface area contributed by atoms with Crippen molar-refractivity contribution in [1.29, 1.82) is 0 Å². The number of hydrogen-bond donors (Lipinski definition) is 0. The van der Waals surface area contributed by atoms with Gasteiger partial charge in [0, 0.05) is 6.07 Å². The zero-order valence-corrected chi connectivity index (χ0v) is 7.88. The number of thioether (sulfide) groups is 1. The summed E-state index contributed by atoms with van der Waals surface area (Å²) in [6, 6.07) is 4.06. The third-order valence-corrected chi connectivity index (χ3v) is 2.57. The minimum absolute atomic E-state index is 1.11. The first kappa shape index (κ1) is 7.61. The molecule has 0 radical (unpaired) electrons. The van der Waals surface area contributed by atoms with E-state index >= 15 is 0 Å². The van der Waals surface area contributed by atoms with Crippen LogP contribution in [0.2, 0.25) is 0 Å². The number of fused-ring (bicyclic) bond motifs is 1. The Bertz CT molecular complexity index is 408. The maximum absolute atomic E-state index is 4.23. The van der Waals surface area contributed by atoms with Crippen molar-refractivity contribution in [3.63, 3.8) is 0 Å². The fraction of sp³-hybridized carbons (Fsp3) is 0.250. The van der Waals surface area contributed by atoms with Crippen molar-refractivity contribution < 1.29 is 4.57 Å². The molecule has 0 aliphatic rings. The van der Waals surface area contributed by atoms with E-state index in [1.54, 1.807) is 11.8 Å². The summed E-state index contributed by atoms with van der Waals surface area (Å²) in [6.07, 6.45) is 5.91. The first-order valence-electron chi connectivity index (χ1n) is 3.69. The minimum atomic E-state index is 1.11. The summed E-state index contributed by atoms with van der Waals surface area (Å²) in [6.45, 7) is 0. The number of aryl methyl sites for hydroxylation is 1. The van der Waals surface area contributed by atoms with E-state index in [1.165, 1.54) is 0 Å². The van der Waals surface area contributed by atoms with Crippen LogP contribution in [-0.2, 0) is 7.05 Å². The number of aromatic nitrogens is 3. The van der Waals surface area contributed by atoms with Gasteiger partial charge in [-0.2, -0.15) is 0 Å². The van der Waals surface area contributed by atoms with Crippen molar-refractivity contribution in [2.75, 3.05) is 6.26 Å². The number of rotatable bonds is 1. The first-order chi connectivity index (χ1) is 5.83. The molecule has 0 aliphatic carbocycles. The predicted molar refractivity (Wildman–Crippen MR) is 48.1 cm³/mol. The van der Waals surface area contributed by atoms with Crippen molar-refractivity contribution >= 4 is 17.4 Å². The SMILES string of the molecule is CSc1cc[n+](C)c2ccnn12. The summed E-state index contributed by atoms with van der Waals surface area (Å²) in [5.41, 5.74) is 1.11. The second kappa shape index (κ2) is 2.79. The Balaban J connectivity index is 2.82. The van der Waals surface area contributed by atoms with Crippen LogP contribution in [0.5, 0.6) is 0 Å². The second-order valence-corrected chi connectivity index (χ2v) is 3.40. The summed E-state index contributed by atoms with van der Waals surface area (Å²) in [4.78, 5) is 0. The van der Waals surface area contributed by atoms with Crippen LogP contribution >= 0.6 is 11.8 Å². The monoisotopic (exact) mass is 180 g/mol. The van der Waals surface area contributed by atoms with Gasteiger partial charge < -0.3 is 0 Å². The maximum Gasteiger partial charge on any atom is 0.309 e. The van der Waals surface area contributed by atoms with E-state index in [9.17, 15) is 0 Å². The van der Waals surface area contributed by atoms with Crippen LogP contribution in [0.3, 0.4) is 0 Å². The molecule has 0 fully saturated rings. The molecular formula is C8H10N3S+. The molecule has 0 saturated carbocycles. The topological polar surface area (TPSA) is 21.2 Å². The van der Waals surface area contributed by atoms with Gasteiger partial charge in [0.15, 0.2) is 5.03 Å². The largest absolute Gasteiger partial charge is 0.309 e. The van der Waals surface area contributed by atoms with Crippen LogP contribution in [0, 0.1) is 0 Å². The third kappa shape index (κ3) is 0.992. The van der Waals surface area contributed by atoms with Gasteiger partial charge >= 0.3 is 5.65 Å².